The number of piperidine rings is 1. The molecule has 1 aromatic heterocycles. The average molecular weight is 400 g/mol. The zero-order chi connectivity index (χ0) is 20.9. The first kappa shape index (κ1) is 21.6. The molecule has 3 heterocycles. The molecular formula is C23H37N5O. The van der Waals surface area contributed by atoms with E-state index in [0.29, 0.717) is 18.8 Å². The van der Waals surface area contributed by atoms with Crippen LogP contribution < -0.4 is 10.5 Å². The van der Waals surface area contributed by atoms with Crippen LogP contribution in [0.15, 0.2) is 29.5 Å². The molecule has 29 heavy (non-hydrogen) atoms. The lowest BCUT2D eigenvalue weighted by Gasteiger charge is -2.46. The number of rotatable bonds is 9. The van der Waals surface area contributed by atoms with Gasteiger partial charge in [0, 0.05) is 24.2 Å². The molecule has 1 fully saturated rings. The van der Waals surface area contributed by atoms with Crippen LogP contribution in [0.2, 0.25) is 0 Å². The fraction of sp³-hybridized carbons (Fsp3) is 0.652. The van der Waals surface area contributed by atoms with Gasteiger partial charge in [-0.1, -0.05) is 26.8 Å². The maximum atomic E-state index is 6.07. The van der Waals surface area contributed by atoms with Gasteiger partial charge in [-0.2, -0.15) is 0 Å². The number of fused-ring (bicyclic) bond motifs is 1. The van der Waals surface area contributed by atoms with Crippen LogP contribution in [0.5, 0.6) is 5.75 Å². The van der Waals surface area contributed by atoms with E-state index in [-0.39, 0.29) is 5.54 Å². The number of likely N-dealkylation sites (tertiary alicyclic amines) is 1. The van der Waals surface area contributed by atoms with Gasteiger partial charge in [0.2, 0.25) is 0 Å². The Morgan fingerprint density at radius 1 is 1.28 bits per heavy atom. The molecule has 1 atom stereocenters. The Labute approximate surface area is 175 Å². The molecule has 2 aliphatic rings. The average Bonchev–Trinajstić information content (AvgIpc) is 2.73. The van der Waals surface area contributed by atoms with Gasteiger partial charge < -0.3 is 20.3 Å². The maximum absolute atomic E-state index is 6.07. The molecule has 0 aromatic carbocycles. The molecule has 2 N–H and O–H groups in total. The van der Waals surface area contributed by atoms with Gasteiger partial charge in [-0.25, -0.2) is 9.98 Å². The van der Waals surface area contributed by atoms with E-state index in [1.807, 2.05) is 6.20 Å². The Kier molecular flexibility index (Phi) is 7.17. The number of aromatic nitrogens is 1. The van der Waals surface area contributed by atoms with Gasteiger partial charge in [0.25, 0.3) is 0 Å². The highest BCUT2D eigenvalue weighted by Crippen LogP contribution is 2.42. The van der Waals surface area contributed by atoms with Crippen LogP contribution in [0.25, 0.3) is 0 Å². The van der Waals surface area contributed by atoms with Crippen LogP contribution in [0.1, 0.15) is 64.9 Å². The third kappa shape index (κ3) is 4.92. The molecular weight excluding hydrogens is 362 g/mol. The Morgan fingerprint density at radius 3 is 2.69 bits per heavy atom. The standard InChI is InChI=1S/C23H37N5O/c1-5-21-26-22-20(23(4,6-2)28(21)17-18(3)24)15-19(16-25-22)29-14-10-13-27-11-8-7-9-12-27/h15-16H,3,5-14,17,24H2,1-2,4H3. The van der Waals surface area contributed by atoms with Crippen LogP contribution in [-0.2, 0) is 5.54 Å². The van der Waals surface area contributed by atoms with Gasteiger partial charge in [-0.3, -0.25) is 0 Å². The molecule has 0 spiro atoms. The van der Waals surface area contributed by atoms with Crippen molar-refractivity contribution in [3.8, 4) is 5.75 Å². The molecule has 160 valence electrons. The maximum Gasteiger partial charge on any atom is 0.159 e. The number of hydrogen-bond donors (Lipinski definition) is 1. The molecule has 3 rings (SSSR count). The van der Waals surface area contributed by atoms with Crippen molar-refractivity contribution in [1.29, 1.82) is 0 Å². The van der Waals surface area contributed by atoms with E-state index in [1.165, 1.54) is 32.4 Å². The van der Waals surface area contributed by atoms with E-state index in [2.05, 4.69) is 48.2 Å². The number of hydrogen-bond acceptors (Lipinski definition) is 6. The van der Waals surface area contributed by atoms with E-state index in [4.69, 9.17) is 15.5 Å². The van der Waals surface area contributed by atoms with E-state index in [9.17, 15) is 0 Å². The highest BCUT2D eigenvalue weighted by atomic mass is 16.5. The molecule has 6 nitrogen and oxygen atoms in total. The Hall–Kier alpha value is -2.08. The van der Waals surface area contributed by atoms with Crippen LogP contribution in [0.4, 0.5) is 5.82 Å². The first-order chi connectivity index (χ1) is 14.0. The number of nitrogens with zero attached hydrogens (tertiary/aromatic N) is 4. The van der Waals surface area contributed by atoms with E-state index in [0.717, 1.165) is 48.8 Å². The van der Waals surface area contributed by atoms with Gasteiger partial charge in [0.1, 0.15) is 11.6 Å². The summed E-state index contributed by atoms with van der Waals surface area (Å²) in [5.74, 6) is 2.63. The first-order valence-corrected chi connectivity index (χ1v) is 11.1. The molecule has 1 saturated heterocycles. The van der Waals surface area contributed by atoms with E-state index in [1.54, 1.807) is 0 Å². The van der Waals surface area contributed by atoms with Crippen LogP contribution >= 0.6 is 0 Å². The Bertz CT molecular complexity index is 741. The van der Waals surface area contributed by atoms with E-state index < -0.39 is 0 Å². The SMILES string of the molecule is C=C(N)CN1C(CC)=Nc2ncc(OCCCN3CCCCC3)cc2C1(C)CC. The predicted octanol–water partition coefficient (Wildman–Crippen LogP) is 4.19. The van der Waals surface area contributed by atoms with Crippen molar-refractivity contribution < 1.29 is 4.74 Å². The molecule has 1 unspecified atom stereocenters. The summed E-state index contributed by atoms with van der Waals surface area (Å²) in [6.07, 6.45) is 8.64. The third-order valence-electron chi connectivity index (χ3n) is 6.27. The molecule has 0 amide bonds. The van der Waals surface area contributed by atoms with Crippen molar-refractivity contribution in [2.75, 3.05) is 32.8 Å². The summed E-state index contributed by atoms with van der Waals surface area (Å²) >= 11 is 0. The minimum atomic E-state index is -0.231. The lowest BCUT2D eigenvalue weighted by molar-refractivity contribution is 0.189. The van der Waals surface area contributed by atoms with Crippen LogP contribution in [0, 0.1) is 0 Å². The molecule has 6 heteroatoms. The smallest absolute Gasteiger partial charge is 0.159 e. The van der Waals surface area contributed by atoms with Gasteiger partial charge >= 0.3 is 0 Å². The zero-order valence-electron chi connectivity index (χ0n) is 18.4. The highest BCUT2D eigenvalue weighted by molar-refractivity contribution is 5.88. The van der Waals surface area contributed by atoms with Gasteiger partial charge in [0.15, 0.2) is 5.82 Å². The normalized spacial score (nSPS) is 22.2. The quantitative estimate of drug-likeness (QED) is 0.631. The predicted molar refractivity (Wildman–Crippen MR) is 120 cm³/mol. The minimum absolute atomic E-state index is 0.231. The lowest BCUT2D eigenvalue weighted by atomic mass is 9.85. The van der Waals surface area contributed by atoms with Gasteiger partial charge in [-0.05, 0) is 51.8 Å². The number of aliphatic imine (C=N–C) groups is 1. The minimum Gasteiger partial charge on any atom is -0.492 e. The summed E-state index contributed by atoms with van der Waals surface area (Å²) in [5, 5.41) is 0. The van der Waals surface area contributed by atoms with E-state index >= 15 is 0 Å². The van der Waals surface area contributed by atoms with Gasteiger partial charge in [0.05, 0.1) is 24.9 Å². The molecule has 0 aliphatic carbocycles. The van der Waals surface area contributed by atoms with Crippen molar-refractivity contribution in [1.82, 2.24) is 14.8 Å². The Balaban J connectivity index is 1.72. The summed E-state index contributed by atoms with van der Waals surface area (Å²) in [5.41, 5.74) is 7.49. The largest absolute Gasteiger partial charge is 0.492 e. The summed E-state index contributed by atoms with van der Waals surface area (Å²) in [4.78, 5) is 14.3. The third-order valence-corrected chi connectivity index (χ3v) is 6.27. The summed E-state index contributed by atoms with van der Waals surface area (Å²) in [6.45, 7) is 15.4. The van der Waals surface area contributed by atoms with Crippen molar-refractivity contribution in [2.24, 2.45) is 10.7 Å². The topological polar surface area (TPSA) is 67.0 Å². The fourth-order valence-corrected chi connectivity index (χ4v) is 4.40. The van der Waals surface area contributed by atoms with Gasteiger partial charge in [-0.15, -0.1) is 0 Å². The summed E-state index contributed by atoms with van der Waals surface area (Å²) in [6, 6.07) is 2.12. The van der Waals surface area contributed by atoms with Crippen molar-refractivity contribution in [3.63, 3.8) is 0 Å². The fourth-order valence-electron chi connectivity index (χ4n) is 4.40. The zero-order valence-corrected chi connectivity index (χ0v) is 18.4. The second kappa shape index (κ2) is 9.61. The second-order valence-electron chi connectivity index (χ2n) is 8.40. The number of pyridine rings is 1. The summed E-state index contributed by atoms with van der Waals surface area (Å²) in [7, 11) is 0. The molecule has 0 saturated carbocycles. The summed E-state index contributed by atoms with van der Waals surface area (Å²) < 4.78 is 6.07. The second-order valence-corrected chi connectivity index (χ2v) is 8.40. The molecule has 1 aromatic rings. The highest BCUT2D eigenvalue weighted by Gasteiger charge is 2.39. The van der Waals surface area contributed by atoms with Crippen molar-refractivity contribution in [2.45, 2.75) is 64.8 Å². The molecule has 2 aliphatic heterocycles. The Morgan fingerprint density at radius 2 is 2.03 bits per heavy atom. The van der Waals surface area contributed by atoms with Crippen molar-refractivity contribution >= 4 is 11.7 Å². The van der Waals surface area contributed by atoms with Crippen molar-refractivity contribution in [3.05, 3.63) is 30.1 Å². The first-order valence-electron chi connectivity index (χ1n) is 11.1. The number of amidine groups is 1. The lowest BCUT2D eigenvalue weighted by Crippen LogP contribution is -2.50. The molecule has 0 bridgehead atoms. The molecule has 0 radical (unpaired) electrons. The van der Waals surface area contributed by atoms with Crippen LogP contribution in [0.3, 0.4) is 0 Å². The number of ether oxygens (including phenoxy) is 1. The monoisotopic (exact) mass is 399 g/mol. The number of nitrogens with two attached hydrogens (primary N) is 1. The van der Waals surface area contributed by atoms with Crippen LogP contribution in [-0.4, -0.2) is 53.4 Å².